The first kappa shape index (κ1) is 21.7. The second-order valence-corrected chi connectivity index (χ2v) is 7.84. The fourth-order valence-electron chi connectivity index (χ4n) is 3.21. The van der Waals surface area contributed by atoms with E-state index in [4.69, 9.17) is 4.74 Å². The molecule has 1 aliphatic heterocycles. The lowest BCUT2D eigenvalue weighted by Gasteiger charge is -2.27. The minimum absolute atomic E-state index is 0.0931. The molecule has 0 radical (unpaired) electrons. The van der Waals surface area contributed by atoms with Crippen molar-refractivity contribution >= 4 is 23.2 Å². The van der Waals surface area contributed by atoms with Crippen molar-refractivity contribution in [2.45, 2.75) is 33.4 Å². The fraction of sp³-hybridized carbons (Fsp3) is 0.364. The number of rotatable bonds is 4. The Labute approximate surface area is 172 Å². The summed E-state index contributed by atoms with van der Waals surface area (Å²) in [6.45, 7) is 6.25. The monoisotopic (exact) mass is 420 g/mol. The highest BCUT2D eigenvalue weighted by Gasteiger charge is 2.37. The third kappa shape index (κ3) is 4.42. The Morgan fingerprint density at radius 2 is 1.93 bits per heavy atom. The first-order valence-corrected chi connectivity index (χ1v) is 9.60. The van der Waals surface area contributed by atoms with Crippen LogP contribution in [0.25, 0.3) is 0 Å². The van der Waals surface area contributed by atoms with Gasteiger partial charge in [0.2, 0.25) is 5.91 Å². The average Bonchev–Trinajstić information content (AvgIpc) is 2.78. The fourth-order valence-corrected chi connectivity index (χ4v) is 3.21. The summed E-state index contributed by atoms with van der Waals surface area (Å²) in [5.41, 5.74) is -0.843. The summed E-state index contributed by atoms with van der Waals surface area (Å²) in [6.07, 6.45) is -3.81. The van der Waals surface area contributed by atoms with Crippen molar-refractivity contribution in [2.75, 3.05) is 23.4 Å². The third-order valence-corrected chi connectivity index (χ3v) is 4.82. The molecule has 0 saturated carbocycles. The third-order valence-electron chi connectivity index (χ3n) is 4.82. The number of hydrogen-bond acceptors (Lipinski definition) is 3. The Kier molecular flexibility index (Phi) is 5.78. The van der Waals surface area contributed by atoms with Gasteiger partial charge in [-0.05, 0) is 56.7 Å². The zero-order chi connectivity index (χ0) is 22.1. The maximum absolute atomic E-state index is 13.0. The largest absolute Gasteiger partial charge is 0.490 e. The van der Waals surface area contributed by atoms with Crippen molar-refractivity contribution in [1.82, 2.24) is 0 Å². The number of amides is 2. The van der Waals surface area contributed by atoms with E-state index in [1.165, 1.54) is 12.1 Å². The van der Waals surface area contributed by atoms with Crippen LogP contribution in [0.15, 0.2) is 42.5 Å². The second-order valence-electron chi connectivity index (χ2n) is 7.84. The van der Waals surface area contributed by atoms with Gasteiger partial charge in [-0.2, -0.15) is 13.2 Å². The standard InChI is InChI=1S/C22H23F3N2O3/c1-4-10-27-17-12-16(8-9-18(17)30-13-21(2,3)20(27)29)26-19(28)14-6-5-7-15(11-14)22(23,24)25/h5-9,11-12H,4,10,13H2,1-3H3,(H,26,28). The van der Waals surface area contributed by atoms with Crippen LogP contribution in [-0.2, 0) is 11.0 Å². The van der Waals surface area contributed by atoms with Gasteiger partial charge in [0.25, 0.3) is 5.91 Å². The smallest absolute Gasteiger partial charge is 0.416 e. The van der Waals surface area contributed by atoms with E-state index in [-0.39, 0.29) is 18.1 Å². The van der Waals surface area contributed by atoms with E-state index in [1.54, 1.807) is 36.9 Å². The molecule has 0 aromatic heterocycles. The van der Waals surface area contributed by atoms with E-state index < -0.39 is 23.1 Å². The quantitative estimate of drug-likeness (QED) is 0.747. The summed E-state index contributed by atoms with van der Waals surface area (Å²) in [6, 6.07) is 9.06. The zero-order valence-electron chi connectivity index (χ0n) is 17.0. The van der Waals surface area contributed by atoms with E-state index in [2.05, 4.69) is 5.32 Å². The lowest BCUT2D eigenvalue weighted by molar-refractivity contribution is -0.137. The number of nitrogens with one attached hydrogen (secondary N) is 1. The molecule has 30 heavy (non-hydrogen) atoms. The van der Waals surface area contributed by atoms with E-state index in [0.717, 1.165) is 18.6 Å². The highest BCUT2D eigenvalue weighted by atomic mass is 19.4. The van der Waals surface area contributed by atoms with Gasteiger partial charge in [-0.15, -0.1) is 0 Å². The predicted molar refractivity (Wildman–Crippen MR) is 108 cm³/mol. The lowest BCUT2D eigenvalue weighted by atomic mass is 9.93. The number of ether oxygens (including phenoxy) is 1. The van der Waals surface area contributed by atoms with Crippen molar-refractivity contribution in [3.8, 4) is 5.75 Å². The summed E-state index contributed by atoms with van der Waals surface area (Å²) in [7, 11) is 0. The summed E-state index contributed by atoms with van der Waals surface area (Å²) >= 11 is 0. The molecule has 2 amide bonds. The van der Waals surface area contributed by atoms with Gasteiger partial charge in [-0.3, -0.25) is 9.59 Å². The molecule has 1 N–H and O–H groups in total. The Balaban J connectivity index is 1.90. The van der Waals surface area contributed by atoms with E-state index >= 15 is 0 Å². The Bertz CT molecular complexity index is 970. The number of fused-ring (bicyclic) bond motifs is 1. The lowest BCUT2D eigenvalue weighted by Crippen LogP contribution is -2.42. The summed E-state index contributed by atoms with van der Waals surface area (Å²) in [5, 5.41) is 2.61. The number of anilines is 2. The highest BCUT2D eigenvalue weighted by molar-refractivity contribution is 6.05. The predicted octanol–water partition coefficient (Wildman–Crippen LogP) is 5.12. The minimum Gasteiger partial charge on any atom is -0.490 e. The number of carbonyl (C=O) groups excluding carboxylic acids is 2. The molecule has 0 atom stereocenters. The van der Waals surface area contributed by atoms with Gasteiger partial charge in [-0.25, -0.2) is 0 Å². The van der Waals surface area contributed by atoms with Crippen LogP contribution < -0.4 is 15.0 Å². The van der Waals surface area contributed by atoms with Crippen molar-refractivity contribution in [3.05, 3.63) is 53.6 Å². The number of carbonyl (C=O) groups is 2. The van der Waals surface area contributed by atoms with Crippen LogP contribution in [0.1, 0.15) is 43.1 Å². The molecule has 160 valence electrons. The molecular formula is C22H23F3N2O3. The Morgan fingerprint density at radius 3 is 2.60 bits per heavy atom. The average molecular weight is 420 g/mol. The molecule has 3 rings (SSSR count). The topological polar surface area (TPSA) is 58.6 Å². The number of hydrogen-bond donors (Lipinski definition) is 1. The zero-order valence-corrected chi connectivity index (χ0v) is 17.0. The molecule has 0 unspecified atom stereocenters. The Hall–Kier alpha value is -3.03. The van der Waals surface area contributed by atoms with Crippen LogP contribution in [0.5, 0.6) is 5.75 Å². The van der Waals surface area contributed by atoms with E-state index in [9.17, 15) is 22.8 Å². The summed E-state index contributed by atoms with van der Waals surface area (Å²) in [5.74, 6) is -0.256. The second kappa shape index (κ2) is 8.01. The van der Waals surface area contributed by atoms with Crippen LogP contribution in [-0.4, -0.2) is 25.0 Å². The maximum Gasteiger partial charge on any atom is 0.416 e. The highest BCUT2D eigenvalue weighted by Crippen LogP contribution is 2.38. The minimum atomic E-state index is -4.54. The van der Waals surface area contributed by atoms with Crippen molar-refractivity contribution in [2.24, 2.45) is 5.41 Å². The normalized spacial score (nSPS) is 15.8. The van der Waals surface area contributed by atoms with Gasteiger partial charge in [0.1, 0.15) is 12.4 Å². The van der Waals surface area contributed by atoms with Gasteiger partial charge >= 0.3 is 6.18 Å². The van der Waals surface area contributed by atoms with Crippen LogP contribution in [0.2, 0.25) is 0 Å². The van der Waals surface area contributed by atoms with Crippen molar-refractivity contribution < 1.29 is 27.5 Å². The molecular weight excluding hydrogens is 397 g/mol. The van der Waals surface area contributed by atoms with Gasteiger partial charge in [0, 0.05) is 17.8 Å². The number of nitrogens with zero attached hydrogens (tertiary/aromatic N) is 1. The Morgan fingerprint density at radius 1 is 1.20 bits per heavy atom. The van der Waals surface area contributed by atoms with E-state index in [0.29, 0.717) is 23.7 Å². The first-order valence-electron chi connectivity index (χ1n) is 9.60. The number of benzene rings is 2. The molecule has 0 bridgehead atoms. The van der Waals surface area contributed by atoms with Crippen LogP contribution in [0, 0.1) is 5.41 Å². The molecule has 0 fully saturated rings. The summed E-state index contributed by atoms with van der Waals surface area (Å²) in [4.78, 5) is 27.1. The van der Waals surface area contributed by atoms with Gasteiger partial charge in [0.05, 0.1) is 16.7 Å². The number of alkyl halides is 3. The molecule has 5 nitrogen and oxygen atoms in total. The maximum atomic E-state index is 13.0. The molecule has 0 aliphatic carbocycles. The molecule has 1 heterocycles. The molecule has 2 aromatic rings. The van der Waals surface area contributed by atoms with Crippen LogP contribution in [0.4, 0.5) is 24.5 Å². The summed E-state index contributed by atoms with van der Waals surface area (Å²) < 4.78 is 44.6. The number of halogens is 3. The SMILES string of the molecule is CCCN1C(=O)C(C)(C)COc2ccc(NC(=O)c3cccc(C(F)(F)F)c3)cc21. The first-order chi connectivity index (χ1) is 14.0. The molecule has 8 heteroatoms. The molecule has 0 spiro atoms. The van der Waals surface area contributed by atoms with Crippen molar-refractivity contribution in [1.29, 1.82) is 0 Å². The molecule has 1 aliphatic rings. The van der Waals surface area contributed by atoms with Crippen LogP contribution in [0.3, 0.4) is 0 Å². The van der Waals surface area contributed by atoms with Gasteiger partial charge in [-0.1, -0.05) is 13.0 Å². The molecule has 2 aromatic carbocycles. The van der Waals surface area contributed by atoms with Gasteiger partial charge < -0.3 is 15.0 Å². The van der Waals surface area contributed by atoms with Gasteiger partial charge in [0.15, 0.2) is 0 Å². The van der Waals surface area contributed by atoms with Crippen LogP contribution >= 0.6 is 0 Å². The van der Waals surface area contributed by atoms with Crippen molar-refractivity contribution in [3.63, 3.8) is 0 Å². The van der Waals surface area contributed by atoms with E-state index in [1.807, 2.05) is 6.92 Å². The molecule has 0 saturated heterocycles.